The van der Waals surface area contributed by atoms with E-state index in [4.69, 9.17) is 14.2 Å². The smallest absolute Gasteiger partial charge is 0.119 e. The van der Waals surface area contributed by atoms with Gasteiger partial charge in [-0.2, -0.15) is 0 Å². The van der Waals surface area contributed by atoms with Gasteiger partial charge >= 0.3 is 0 Å². The zero-order chi connectivity index (χ0) is 12.6. The first kappa shape index (κ1) is 13.3. The summed E-state index contributed by atoms with van der Waals surface area (Å²) in [5, 5.41) is 3.29. The molecule has 1 aromatic rings. The van der Waals surface area contributed by atoms with E-state index in [1.807, 2.05) is 12.1 Å². The normalized spacial score (nSPS) is 15.4. The molecule has 4 heteroatoms. The van der Waals surface area contributed by atoms with Crippen molar-refractivity contribution in [2.24, 2.45) is 0 Å². The molecule has 0 radical (unpaired) electrons. The molecule has 1 aliphatic rings. The minimum atomic E-state index is 0.274. The van der Waals surface area contributed by atoms with Gasteiger partial charge in [-0.1, -0.05) is 19.1 Å². The summed E-state index contributed by atoms with van der Waals surface area (Å²) in [7, 11) is 0. The van der Waals surface area contributed by atoms with Gasteiger partial charge in [0, 0.05) is 6.54 Å². The SMILES string of the molecule is CCNCc1ccc(OCCOC2COC2)cc1. The highest BCUT2D eigenvalue weighted by Gasteiger charge is 2.18. The molecule has 18 heavy (non-hydrogen) atoms. The minimum Gasteiger partial charge on any atom is -0.491 e. The molecule has 1 heterocycles. The Morgan fingerprint density at radius 3 is 2.61 bits per heavy atom. The molecular weight excluding hydrogens is 230 g/mol. The average Bonchev–Trinajstić information content (AvgIpc) is 2.35. The fourth-order valence-electron chi connectivity index (χ4n) is 1.66. The second-order valence-corrected chi connectivity index (χ2v) is 4.30. The molecule has 4 nitrogen and oxygen atoms in total. The van der Waals surface area contributed by atoms with Crippen LogP contribution >= 0.6 is 0 Å². The first-order valence-electron chi connectivity index (χ1n) is 6.50. The summed E-state index contributed by atoms with van der Waals surface area (Å²) in [5.41, 5.74) is 1.27. The third kappa shape index (κ3) is 4.29. The molecule has 100 valence electrons. The molecule has 0 atom stereocenters. The summed E-state index contributed by atoms with van der Waals surface area (Å²) < 4.78 is 16.1. The zero-order valence-electron chi connectivity index (χ0n) is 10.9. The topological polar surface area (TPSA) is 39.7 Å². The quantitative estimate of drug-likeness (QED) is 0.712. The van der Waals surface area contributed by atoms with Gasteiger partial charge in [-0.05, 0) is 24.2 Å². The molecule has 0 bridgehead atoms. The number of nitrogens with one attached hydrogen (secondary N) is 1. The number of ether oxygens (including phenoxy) is 3. The van der Waals surface area contributed by atoms with Crippen molar-refractivity contribution >= 4 is 0 Å². The Morgan fingerprint density at radius 1 is 1.22 bits per heavy atom. The van der Waals surface area contributed by atoms with Gasteiger partial charge in [0.1, 0.15) is 18.5 Å². The molecule has 0 spiro atoms. The highest BCUT2D eigenvalue weighted by molar-refractivity contribution is 5.27. The summed E-state index contributed by atoms with van der Waals surface area (Å²) in [5.74, 6) is 0.892. The molecule has 0 unspecified atom stereocenters. The molecule has 1 N–H and O–H groups in total. The molecule has 0 aromatic heterocycles. The largest absolute Gasteiger partial charge is 0.491 e. The van der Waals surface area contributed by atoms with Crippen molar-refractivity contribution in [2.75, 3.05) is 33.0 Å². The summed E-state index contributed by atoms with van der Waals surface area (Å²) in [4.78, 5) is 0. The van der Waals surface area contributed by atoms with Crippen molar-refractivity contribution in [3.63, 3.8) is 0 Å². The maximum absolute atomic E-state index is 5.60. The third-order valence-corrected chi connectivity index (χ3v) is 2.82. The van der Waals surface area contributed by atoms with Gasteiger partial charge in [-0.25, -0.2) is 0 Å². The van der Waals surface area contributed by atoms with Crippen LogP contribution in [-0.4, -0.2) is 39.1 Å². The van der Waals surface area contributed by atoms with Crippen LogP contribution in [0.25, 0.3) is 0 Å². The lowest BCUT2D eigenvalue weighted by Crippen LogP contribution is -2.37. The molecule has 0 saturated carbocycles. The van der Waals surface area contributed by atoms with Crippen molar-refractivity contribution in [3.8, 4) is 5.75 Å². The maximum atomic E-state index is 5.60. The number of benzene rings is 1. The first-order valence-corrected chi connectivity index (χ1v) is 6.50. The summed E-state index contributed by atoms with van der Waals surface area (Å²) in [6.07, 6.45) is 0.274. The third-order valence-electron chi connectivity index (χ3n) is 2.82. The number of hydrogen-bond acceptors (Lipinski definition) is 4. The Morgan fingerprint density at radius 2 is 2.00 bits per heavy atom. The van der Waals surface area contributed by atoms with Crippen LogP contribution in [0.3, 0.4) is 0 Å². The number of hydrogen-bond donors (Lipinski definition) is 1. The van der Waals surface area contributed by atoms with E-state index in [-0.39, 0.29) is 6.10 Å². The van der Waals surface area contributed by atoms with Crippen LogP contribution in [-0.2, 0) is 16.0 Å². The van der Waals surface area contributed by atoms with Crippen molar-refractivity contribution < 1.29 is 14.2 Å². The molecular formula is C14H21NO3. The lowest BCUT2D eigenvalue weighted by atomic mass is 10.2. The lowest BCUT2D eigenvalue weighted by molar-refractivity contribution is -0.132. The molecule has 1 fully saturated rings. The molecule has 1 aromatic carbocycles. The monoisotopic (exact) mass is 251 g/mol. The van der Waals surface area contributed by atoms with Crippen LogP contribution in [0.4, 0.5) is 0 Å². The van der Waals surface area contributed by atoms with Gasteiger partial charge < -0.3 is 19.5 Å². The van der Waals surface area contributed by atoms with Crippen LogP contribution in [0.15, 0.2) is 24.3 Å². The van der Waals surface area contributed by atoms with E-state index < -0.39 is 0 Å². The van der Waals surface area contributed by atoms with Gasteiger partial charge in [0.25, 0.3) is 0 Å². The van der Waals surface area contributed by atoms with E-state index in [0.717, 1.165) is 32.1 Å². The van der Waals surface area contributed by atoms with E-state index in [9.17, 15) is 0 Å². The Labute approximate surface area is 108 Å². The molecule has 1 saturated heterocycles. The van der Waals surface area contributed by atoms with Crippen LogP contribution in [0, 0.1) is 0 Å². The molecule has 0 amide bonds. The predicted octanol–water partition coefficient (Wildman–Crippen LogP) is 1.59. The molecule has 0 aliphatic carbocycles. The summed E-state index contributed by atoms with van der Waals surface area (Å²) in [6, 6.07) is 8.16. The minimum absolute atomic E-state index is 0.274. The van der Waals surface area contributed by atoms with Crippen LogP contribution in [0.1, 0.15) is 12.5 Å². The van der Waals surface area contributed by atoms with E-state index in [1.165, 1.54) is 5.56 Å². The highest BCUT2D eigenvalue weighted by Crippen LogP contribution is 2.12. The van der Waals surface area contributed by atoms with Gasteiger partial charge in [-0.3, -0.25) is 0 Å². The molecule has 2 rings (SSSR count). The van der Waals surface area contributed by atoms with Gasteiger partial charge in [0.05, 0.1) is 19.8 Å². The second-order valence-electron chi connectivity index (χ2n) is 4.30. The summed E-state index contributed by atoms with van der Waals surface area (Å²) >= 11 is 0. The van der Waals surface area contributed by atoms with Crippen molar-refractivity contribution in [1.29, 1.82) is 0 Å². The highest BCUT2D eigenvalue weighted by atomic mass is 16.6. The Bertz CT molecular complexity index is 335. The summed E-state index contributed by atoms with van der Waals surface area (Å²) in [6.45, 7) is 6.64. The van der Waals surface area contributed by atoms with Crippen molar-refractivity contribution in [3.05, 3.63) is 29.8 Å². The fraction of sp³-hybridized carbons (Fsp3) is 0.571. The van der Waals surface area contributed by atoms with Gasteiger partial charge in [-0.15, -0.1) is 0 Å². The number of rotatable bonds is 8. The Balaban J connectivity index is 1.62. The van der Waals surface area contributed by atoms with Crippen molar-refractivity contribution in [1.82, 2.24) is 5.32 Å². The average molecular weight is 251 g/mol. The van der Waals surface area contributed by atoms with E-state index >= 15 is 0 Å². The van der Waals surface area contributed by atoms with Gasteiger partial charge in [0.2, 0.25) is 0 Å². The van der Waals surface area contributed by atoms with Crippen LogP contribution < -0.4 is 10.1 Å². The van der Waals surface area contributed by atoms with Gasteiger partial charge in [0.15, 0.2) is 0 Å². The first-order chi connectivity index (χ1) is 8.88. The van der Waals surface area contributed by atoms with E-state index in [2.05, 4.69) is 24.4 Å². The van der Waals surface area contributed by atoms with E-state index in [1.54, 1.807) is 0 Å². The Hall–Kier alpha value is -1.10. The zero-order valence-corrected chi connectivity index (χ0v) is 10.9. The molecule has 1 aliphatic heterocycles. The van der Waals surface area contributed by atoms with Crippen LogP contribution in [0.5, 0.6) is 5.75 Å². The second kappa shape index (κ2) is 7.36. The van der Waals surface area contributed by atoms with E-state index in [0.29, 0.717) is 13.2 Å². The maximum Gasteiger partial charge on any atom is 0.119 e. The predicted molar refractivity (Wildman–Crippen MR) is 69.9 cm³/mol. The lowest BCUT2D eigenvalue weighted by Gasteiger charge is -2.25. The van der Waals surface area contributed by atoms with Crippen molar-refractivity contribution in [2.45, 2.75) is 19.6 Å². The van der Waals surface area contributed by atoms with Crippen LogP contribution in [0.2, 0.25) is 0 Å². The fourth-order valence-corrected chi connectivity index (χ4v) is 1.66. The Kier molecular flexibility index (Phi) is 5.45. The standard InChI is InChI=1S/C14H21NO3/c1-2-15-9-12-3-5-13(6-4-12)17-7-8-18-14-10-16-11-14/h3-6,14-15H,2,7-11H2,1H3.